The Bertz CT molecular complexity index is 771. The zero-order chi connectivity index (χ0) is 19.9. The summed E-state index contributed by atoms with van der Waals surface area (Å²) < 4.78 is 2.06. The van der Waals surface area contributed by atoms with Crippen LogP contribution in [0.1, 0.15) is 36.7 Å². The van der Waals surface area contributed by atoms with Gasteiger partial charge in [0.25, 0.3) is 0 Å². The molecule has 0 spiro atoms. The second-order valence-corrected chi connectivity index (χ2v) is 7.31. The first-order valence-electron chi connectivity index (χ1n) is 9.83. The highest BCUT2D eigenvalue weighted by Crippen LogP contribution is 2.16. The van der Waals surface area contributed by atoms with Gasteiger partial charge in [0.1, 0.15) is 0 Å². The Kier molecular flexibility index (Phi) is 6.80. The minimum Gasteiger partial charge on any atom is -0.354 e. The summed E-state index contributed by atoms with van der Waals surface area (Å²) in [4.78, 5) is 24.4. The zero-order valence-corrected chi connectivity index (χ0v) is 17.0. The molecule has 0 fully saturated rings. The SMILES string of the molecule is CCCNc1ncc(CN2CCCn3nc(CNC(=O)N(C)C)cc3C2)cn1. The number of carbonyl (C=O) groups excluding carboxylic acids is 1. The van der Waals surface area contributed by atoms with Crippen LogP contribution in [0, 0.1) is 0 Å². The van der Waals surface area contributed by atoms with Gasteiger partial charge in [0.15, 0.2) is 0 Å². The number of aryl methyl sites for hydroxylation is 1. The molecule has 9 nitrogen and oxygen atoms in total. The molecule has 0 aliphatic carbocycles. The smallest absolute Gasteiger partial charge is 0.317 e. The molecule has 2 aromatic rings. The summed E-state index contributed by atoms with van der Waals surface area (Å²) in [6.07, 6.45) is 5.88. The van der Waals surface area contributed by atoms with E-state index in [1.165, 1.54) is 10.6 Å². The lowest BCUT2D eigenvalue weighted by Gasteiger charge is -2.19. The largest absolute Gasteiger partial charge is 0.354 e. The summed E-state index contributed by atoms with van der Waals surface area (Å²) in [5.74, 6) is 0.684. The van der Waals surface area contributed by atoms with Crippen molar-refractivity contribution >= 4 is 12.0 Å². The molecule has 9 heteroatoms. The fraction of sp³-hybridized carbons (Fsp3) is 0.579. The molecule has 2 N–H and O–H groups in total. The summed E-state index contributed by atoms with van der Waals surface area (Å²) in [5, 5.41) is 10.7. The monoisotopic (exact) mass is 386 g/mol. The van der Waals surface area contributed by atoms with Crippen molar-refractivity contribution in [3.8, 4) is 0 Å². The average molecular weight is 387 g/mol. The van der Waals surface area contributed by atoms with Crippen LogP contribution >= 0.6 is 0 Å². The average Bonchev–Trinajstić information content (AvgIpc) is 2.97. The lowest BCUT2D eigenvalue weighted by atomic mass is 10.2. The maximum Gasteiger partial charge on any atom is 0.317 e. The van der Waals surface area contributed by atoms with E-state index in [0.29, 0.717) is 12.5 Å². The number of anilines is 1. The van der Waals surface area contributed by atoms with Crippen molar-refractivity contribution in [1.29, 1.82) is 0 Å². The number of hydrogen-bond donors (Lipinski definition) is 2. The molecule has 1 aliphatic rings. The minimum absolute atomic E-state index is 0.110. The highest BCUT2D eigenvalue weighted by molar-refractivity contribution is 5.73. The third-order valence-corrected chi connectivity index (χ3v) is 4.62. The number of hydrogen-bond acceptors (Lipinski definition) is 6. The van der Waals surface area contributed by atoms with Crippen molar-refractivity contribution in [3.63, 3.8) is 0 Å². The van der Waals surface area contributed by atoms with Crippen LogP contribution in [-0.4, -0.2) is 62.8 Å². The summed E-state index contributed by atoms with van der Waals surface area (Å²) >= 11 is 0. The second kappa shape index (κ2) is 9.50. The van der Waals surface area contributed by atoms with Crippen molar-refractivity contribution in [3.05, 3.63) is 35.4 Å². The Hall–Kier alpha value is -2.68. The van der Waals surface area contributed by atoms with Crippen molar-refractivity contribution in [2.45, 2.75) is 45.9 Å². The van der Waals surface area contributed by atoms with Gasteiger partial charge in [-0.2, -0.15) is 5.10 Å². The number of aromatic nitrogens is 4. The van der Waals surface area contributed by atoms with Crippen LogP contribution in [0.4, 0.5) is 10.7 Å². The van der Waals surface area contributed by atoms with E-state index in [-0.39, 0.29) is 6.03 Å². The number of nitrogens with zero attached hydrogens (tertiary/aromatic N) is 6. The lowest BCUT2D eigenvalue weighted by molar-refractivity contribution is 0.217. The molecular formula is C19H30N8O. The molecule has 3 rings (SSSR count). The van der Waals surface area contributed by atoms with E-state index in [9.17, 15) is 4.79 Å². The van der Waals surface area contributed by atoms with Crippen LogP contribution in [0.3, 0.4) is 0 Å². The molecule has 3 heterocycles. The number of fused-ring (bicyclic) bond motifs is 1. The zero-order valence-electron chi connectivity index (χ0n) is 17.0. The van der Waals surface area contributed by atoms with Gasteiger partial charge in [-0.25, -0.2) is 14.8 Å². The van der Waals surface area contributed by atoms with Crippen molar-refractivity contribution in [2.24, 2.45) is 0 Å². The second-order valence-electron chi connectivity index (χ2n) is 7.31. The van der Waals surface area contributed by atoms with E-state index in [4.69, 9.17) is 0 Å². The fourth-order valence-electron chi connectivity index (χ4n) is 3.16. The molecule has 1 aliphatic heterocycles. The standard InChI is InChI=1S/C19H30N8O/c1-4-6-20-18-21-10-15(11-22-18)13-26-7-5-8-27-17(14-26)9-16(24-27)12-23-19(28)25(2)3/h9-11H,4-8,12-14H2,1-3H3,(H,23,28)(H,20,21,22). The van der Waals surface area contributed by atoms with Gasteiger partial charge in [0.05, 0.1) is 17.9 Å². The van der Waals surface area contributed by atoms with Crippen LogP contribution in [0.15, 0.2) is 18.5 Å². The predicted molar refractivity (Wildman–Crippen MR) is 108 cm³/mol. The molecule has 28 heavy (non-hydrogen) atoms. The summed E-state index contributed by atoms with van der Waals surface area (Å²) in [6, 6.07) is 1.98. The molecular weight excluding hydrogens is 356 g/mol. The first-order valence-corrected chi connectivity index (χ1v) is 9.83. The van der Waals surface area contributed by atoms with Gasteiger partial charge in [0.2, 0.25) is 5.95 Å². The summed E-state index contributed by atoms with van der Waals surface area (Å²) in [6.45, 7) is 6.98. The van der Waals surface area contributed by atoms with Gasteiger partial charge in [-0.1, -0.05) is 6.92 Å². The maximum atomic E-state index is 11.7. The first kappa shape index (κ1) is 20.1. The Balaban J connectivity index is 1.58. The van der Waals surface area contributed by atoms with Gasteiger partial charge in [-0.15, -0.1) is 0 Å². The highest BCUT2D eigenvalue weighted by atomic mass is 16.2. The molecule has 2 aromatic heterocycles. The Morgan fingerprint density at radius 1 is 1.25 bits per heavy atom. The van der Waals surface area contributed by atoms with E-state index in [1.807, 2.05) is 12.4 Å². The molecule has 0 saturated carbocycles. The molecule has 0 unspecified atom stereocenters. The number of carbonyl (C=O) groups is 1. The number of rotatable bonds is 7. The Labute approximate surface area is 166 Å². The van der Waals surface area contributed by atoms with Gasteiger partial charge in [0, 0.05) is 64.8 Å². The normalized spacial score (nSPS) is 14.2. The van der Waals surface area contributed by atoms with Gasteiger partial charge < -0.3 is 15.5 Å². The van der Waals surface area contributed by atoms with Gasteiger partial charge in [-0.05, 0) is 18.9 Å². The quantitative estimate of drug-likeness (QED) is 0.752. The van der Waals surface area contributed by atoms with Gasteiger partial charge in [-0.3, -0.25) is 9.58 Å². The van der Waals surface area contributed by atoms with Crippen molar-refractivity contribution < 1.29 is 4.79 Å². The maximum absolute atomic E-state index is 11.7. The fourth-order valence-corrected chi connectivity index (χ4v) is 3.16. The molecule has 152 valence electrons. The molecule has 0 radical (unpaired) electrons. The Morgan fingerprint density at radius 2 is 2.04 bits per heavy atom. The van der Waals surface area contributed by atoms with E-state index in [1.54, 1.807) is 14.1 Å². The third-order valence-electron chi connectivity index (χ3n) is 4.62. The third kappa shape index (κ3) is 5.41. The predicted octanol–water partition coefficient (Wildman–Crippen LogP) is 1.67. The van der Waals surface area contributed by atoms with Crippen LogP contribution in [-0.2, 0) is 26.2 Å². The molecule has 0 bridgehead atoms. The van der Waals surface area contributed by atoms with Crippen LogP contribution in [0.2, 0.25) is 0 Å². The lowest BCUT2D eigenvalue weighted by Crippen LogP contribution is -2.34. The topological polar surface area (TPSA) is 91.2 Å². The highest BCUT2D eigenvalue weighted by Gasteiger charge is 2.17. The summed E-state index contributed by atoms with van der Waals surface area (Å²) in [7, 11) is 3.46. The van der Waals surface area contributed by atoms with Crippen LogP contribution in [0.25, 0.3) is 0 Å². The number of amides is 2. The molecule has 0 atom stereocenters. The van der Waals surface area contributed by atoms with E-state index >= 15 is 0 Å². The summed E-state index contributed by atoms with van der Waals surface area (Å²) in [5.41, 5.74) is 3.17. The van der Waals surface area contributed by atoms with Crippen LogP contribution < -0.4 is 10.6 Å². The van der Waals surface area contributed by atoms with E-state index in [2.05, 4.69) is 48.3 Å². The minimum atomic E-state index is -0.110. The molecule has 2 amide bonds. The van der Waals surface area contributed by atoms with E-state index < -0.39 is 0 Å². The first-order chi connectivity index (χ1) is 13.5. The number of urea groups is 1. The van der Waals surface area contributed by atoms with E-state index in [0.717, 1.165) is 56.8 Å². The van der Waals surface area contributed by atoms with Crippen LogP contribution in [0.5, 0.6) is 0 Å². The molecule has 0 aromatic carbocycles. The van der Waals surface area contributed by atoms with Gasteiger partial charge >= 0.3 is 6.03 Å². The Morgan fingerprint density at radius 3 is 2.75 bits per heavy atom. The van der Waals surface area contributed by atoms with Crippen molar-refractivity contribution in [1.82, 2.24) is 34.9 Å². The number of nitrogens with one attached hydrogen (secondary N) is 2. The molecule has 0 saturated heterocycles. The van der Waals surface area contributed by atoms with Crippen molar-refractivity contribution in [2.75, 3.05) is 32.5 Å².